The zero-order valence-electron chi connectivity index (χ0n) is 13.3. The third kappa shape index (κ3) is 4.73. The molecular formula is C19H20N2O2S. The van der Waals surface area contributed by atoms with E-state index in [0.717, 1.165) is 28.8 Å². The van der Waals surface area contributed by atoms with Crippen LogP contribution in [-0.4, -0.2) is 12.6 Å². The summed E-state index contributed by atoms with van der Waals surface area (Å²) in [5, 5.41) is 7.86. The monoisotopic (exact) mass is 340 g/mol. The zero-order valence-corrected chi connectivity index (χ0v) is 14.1. The summed E-state index contributed by atoms with van der Waals surface area (Å²) in [6.07, 6.45) is 5.29. The summed E-state index contributed by atoms with van der Waals surface area (Å²) in [5.41, 5.74) is 3.47. The van der Waals surface area contributed by atoms with Crippen molar-refractivity contribution in [3.63, 3.8) is 0 Å². The van der Waals surface area contributed by atoms with E-state index in [9.17, 15) is 4.79 Å². The number of hydrogen-bond acceptors (Lipinski definition) is 3. The minimum atomic E-state index is -0.124. The van der Waals surface area contributed by atoms with Gasteiger partial charge in [0.05, 0.1) is 19.1 Å². The molecule has 0 saturated carbocycles. The van der Waals surface area contributed by atoms with Crippen LogP contribution in [0, 0.1) is 0 Å². The number of rotatable bonds is 7. The number of thiophene rings is 1. The summed E-state index contributed by atoms with van der Waals surface area (Å²) in [5.74, 6) is 0. The van der Waals surface area contributed by atoms with Gasteiger partial charge in [0.2, 0.25) is 0 Å². The lowest BCUT2D eigenvalue weighted by molar-refractivity contribution is 0.240. The minimum absolute atomic E-state index is 0.124. The molecule has 0 radical (unpaired) electrons. The maximum Gasteiger partial charge on any atom is 0.315 e. The van der Waals surface area contributed by atoms with Crippen molar-refractivity contribution in [2.75, 3.05) is 6.54 Å². The van der Waals surface area contributed by atoms with E-state index >= 15 is 0 Å². The first kappa shape index (κ1) is 16.3. The van der Waals surface area contributed by atoms with Gasteiger partial charge in [-0.25, -0.2) is 4.79 Å². The lowest BCUT2D eigenvalue weighted by atomic mass is 10.1. The molecule has 0 saturated heterocycles. The number of benzene rings is 1. The molecule has 0 bridgehead atoms. The van der Waals surface area contributed by atoms with Crippen LogP contribution >= 0.6 is 11.3 Å². The van der Waals surface area contributed by atoms with E-state index in [1.807, 2.05) is 24.3 Å². The SMILES string of the molecule is O=C(NCCCc1ccccc1)NCc1cc(-c2ccoc2)cs1. The summed E-state index contributed by atoms with van der Waals surface area (Å²) < 4.78 is 5.09. The van der Waals surface area contributed by atoms with E-state index in [4.69, 9.17) is 4.42 Å². The molecule has 0 aliphatic rings. The molecule has 1 aromatic carbocycles. The van der Waals surface area contributed by atoms with E-state index in [0.29, 0.717) is 13.1 Å². The number of amides is 2. The second kappa shape index (κ2) is 8.36. The van der Waals surface area contributed by atoms with Crippen LogP contribution in [0.1, 0.15) is 16.9 Å². The van der Waals surface area contributed by atoms with Gasteiger partial charge in [-0.2, -0.15) is 0 Å². The first-order valence-electron chi connectivity index (χ1n) is 7.97. The smallest absolute Gasteiger partial charge is 0.315 e. The summed E-state index contributed by atoms with van der Waals surface area (Å²) in [4.78, 5) is 12.9. The fourth-order valence-corrected chi connectivity index (χ4v) is 3.26. The molecule has 0 atom stereocenters. The summed E-state index contributed by atoms with van der Waals surface area (Å²) in [7, 11) is 0. The van der Waals surface area contributed by atoms with Gasteiger partial charge in [0.25, 0.3) is 0 Å². The van der Waals surface area contributed by atoms with Crippen molar-refractivity contribution in [1.82, 2.24) is 10.6 Å². The van der Waals surface area contributed by atoms with Crippen LogP contribution < -0.4 is 10.6 Å². The Hall–Kier alpha value is -2.53. The molecule has 24 heavy (non-hydrogen) atoms. The molecule has 4 nitrogen and oxygen atoms in total. The number of furan rings is 1. The molecule has 5 heteroatoms. The molecular weight excluding hydrogens is 320 g/mol. The van der Waals surface area contributed by atoms with Gasteiger partial charge in [0, 0.05) is 17.0 Å². The Morgan fingerprint density at radius 2 is 1.96 bits per heavy atom. The van der Waals surface area contributed by atoms with Gasteiger partial charge in [-0.3, -0.25) is 0 Å². The molecule has 0 aliphatic carbocycles. The van der Waals surface area contributed by atoms with Crippen LogP contribution in [0.5, 0.6) is 0 Å². The van der Waals surface area contributed by atoms with Gasteiger partial charge in [-0.05, 0) is 41.5 Å². The number of hydrogen-bond donors (Lipinski definition) is 2. The summed E-state index contributed by atoms with van der Waals surface area (Å²) in [6.45, 7) is 1.21. The first-order chi connectivity index (χ1) is 11.8. The standard InChI is InChI=1S/C19H20N2O2S/c22-19(20-9-4-7-15-5-2-1-3-6-15)21-12-18-11-17(14-24-18)16-8-10-23-13-16/h1-3,5-6,8,10-11,13-14H,4,7,9,12H2,(H2,20,21,22). The largest absolute Gasteiger partial charge is 0.472 e. The van der Waals surface area contributed by atoms with E-state index in [1.165, 1.54) is 5.56 Å². The van der Waals surface area contributed by atoms with E-state index in [1.54, 1.807) is 23.9 Å². The van der Waals surface area contributed by atoms with Crippen LogP contribution in [0.2, 0.25) is 0 Å². The van der Waals surface area contributed by atoms with Crippen LogP contribution in [-0.2, 0) is 13.0 Å². The quantitative estimate of drug-likeness (QED) is 0.625. The third-order valence-corrected chi connectivity index (χ3v) is 4.64. The van der Waals surface area contributed by atoms with Crippen LogP contribution in [0.4, 0.5) is 4.79 Å². The lowest BCUT2D eigenvalue weighted by Crippen LogP contribution is -2.35. The molecule has 0 fully saturated rings. The molecule has 0 spiro atoms. The molecule has 3 rings (SSSR count). The fraction of sp³-hybridized carbons (Fsp3) is 0.211. The Kier molecular flexibility index (Phi) is 5.69. The van der Waals surface area contributed by atoms with Gasteiger partial charge in [0.1, 0.15) is 0 Å². The van der Waals surface area contributed by atoms with E-state index in [2.05, 4.69) is 34.2 Å². The zero-order chi connectivity index (χ0) is 16.6. The average molecular weight is 340 g/mol. The molecule has 0 aliphatic heterocycles. The van der Waals surface area contributed by atoms with Crippen molar-refractivity contribution in [2.45, 2.75) is 19.4 Å². The van der Waals surface area contributed by atoms with Gasteiger partial charge < -0.3 is 15.1 Å². The number of carbonyl (C=O) groups is 1. The third-order valence-electron chi connectivity index (χ3n) is 3.70. The second-order valence-electron chi connectivity index (χ2n) is 5.51. The van der Waals surface area contributed by atoms with Crippen LogP contribution in [0.25, 0.3) is 11.1 Å². The highest BCUT2D eigenvalue weighted by atomic mass is 32.1. The van der Waals surface area contributed by atoms with Gasteiger partial charge in [-0.15, -0.1) is 11.3 Å². The van der Waals surface area contributed by atoms with Gasteiger partial charge in [0.15, 0.2) is 0 Å². The highest BCUT2D eigenvalue weighted by Crippen LogP contribution is 2.25. The number of aryl methyl sites for hydroxylation is 1. The highest BCUT2D eigenvalue weighted by Gasteiger charge is 2.05. The molecule has 124 valence electrons. The second-order valence-corrected chi connectivity index (χ2v) is 6.51. The summed E-state index contributed by atoms with van der Waals surface area (Å²) >= 11 is 1.63. The fourth-order valence-electron chi connectivity index (χ4n) is 2.42. The minimum Gasteiger partial charge on any atom is -0.472 e. The lowest BCUT2D eigenvalue weighted by Gasteiger charge is -2.06. The Balaban J connectivity index is 1.35. The number of nitrogens with one attached hydrogen (secondary N) is 2. The highest BCUT2D eigenvalue weighted by molar-refractivity contribution is 7.10. The average Bonchev–Trinajstić information content (AvgIpc) is 3.29. The Bertz CT molecular complexity index is 751. The molecule has 2 heterocycles. The van der Waals surface area contributed by atoms with Crippen molar-refractivity contribution in [3.8, 4) is 11.1 Å². The predicted molar refractivity (Wildman–Crippen MR) is 97.0 cm³/mol. The van der Waals surface area contributed by atoms with Gasteiger partial charge in [-0.1, -0.05) is 30.3 Å². The molecule has 3 aromatic rings. The maximum atomic E-state index is 11.8. The van der Waals surface area contributed by atoms with E-state index in [-0.39, 0.29) is 6.03 Å². The van der Waals surface area contributed by atoms with E-state index < -0.39 is 0 Å². The predicted octanol–water partition coefficient (Wildman–Crippen LogP) is 4.44. The molecule has 0 unspecified atom stereocenters. The molecule has 2 aromatic heterocycles. The van der Waals surface area contributed by atoms with Crippen molar-refractivity contribution in [1.29, 1.82) is 0 Å². The first-order valence-corrected chi connectivity index (χ1v) is 8.85. The van der Waals surface area contributed by atoms with Gasteiger partial charge >= 0.3 is 6.03 Å². The molecule has 2 amide bonds. The topological polar surface area (TPSA) is 54.3 Å². The normalized spacial score (nSPS) is 10.5. The molecule has 2 N–H and O–H groups in total. The Labute approximate surface area is 145 Å². The van der Waals surface area contributed by atoms with Crippen molar-refractivity contribution < 1.29 is 9.21 Å². The maximum absolute atomic E-state index is 11.8. The van der Waals surface area contributed by atoms with Crippen molar-refractivity contribution in [2.24, 2.45) is 0 Å². The van der Waals surface area contributed by atoms with Crippen molar-refractivity contribution >= 4 is 17.4 Å². The van der Waals surface area contributed by atoms with Crippen LogP contribution in [0.15, 0.2) is 64.8 Å². The Morgan fingerprint density at radius 3 is 2.75 bits per heavy atom. The summed E-state index contributed by atoms with van der Waals surface area (Å²) in [6, 6.07) is 14.2. The van der Waals surface area contributed by atoms with Crippen LogP contribution in [0.3, 0.4) is 0 Å². The Morgan fingerprint density at radius 1 is 1.08 bits per heavy atom. The number of urea groups is 1. The van der Waals surface area contributed by atoms with Crippen molar-refractivity contribution in [3.05, 3.63) is 70.8 Å². The number of carbonyl (C=O) groups excluding carboxylic acids is 1.